The number of benzene rings is 3. The van der Waals surface area contributed by atoms with Gasteiger partial charge in [-0.3, -0.25) is 9.59 Å². The van der Waals surface area contributed by atoms with Gasteiger partial charge in [-0.1, -0.05) is 103 Å². The summed E-state index contributed by atoms with van der Waals surface area (Å²) in [7, 11) is 0. The first-order valence-corrected chi connectivity index (χ1v) is 12.7. The molecule has 0 saturated heterocycles. The highest BCUT2D eigenvalue weighted by molar-refractivity contribution is 6.36. The summed E-state index contributed by atoms with van der Waals surface area (Å²) in [6.07, 6.45) is 0.394. The van der Waals surface area contributed by atoms with E-state index in [2.05, 4.69) is 5.32 Å². The van der Waals surface area contributed by atoms with E-state index >= 15 is 0 Å². The summed E-state index contributed by atoms with van der Waals surface area (Å²) < 4.78 is 0. The molecule has 1 atom stereocenters. The number of nitrogens with one attached hydrogen (secondary N) is 1. The van der Waals surface area contributed by atoms with Crippen molar-refractivity contribution >= 4 is 46.6 Å². The van der Waals surface area contributed by atoms with Gasteiger partial charge in [-0.2, -0.15) is 0 Å². The Morgan fingerprint density at radius 1 is 0.829 bits per heavy atom. The van der Waals surface area contributed by atoms with E-state index in [0.29, 0.717) is 39.2 Å². The van der Waals surface area contributed by atoms with Crippen LogP contribution in [0.3, 0.4) is 0 Å². The second-order valence-corrected chi connectivity index (χ2v) is 10.1. The van der Waals surface area contributed by atoms with Crippen molar-refractivity contribution in [2.75, 3.05) is 6.54 Å². The maximum atomic E-state index is 13.8. The molecule has 35 heavy (non-hydrogen) atoms. The molecule has 3 rings (SSSR count). The van der Waals surface area contributed by atoms with E-state index < -0.39 is 6.04 Å². The van der Waals surface area contributed by atoms with Crippen LogP contribution in [0.4, 0.5) is 0 Å². The molecule has 0 fully saturated rings. The average molecular weight is 532 g/mol. The maximum absolute atomic E-state index is 13.8. The molecule has 0 unspecified atom stereocenters. The van der Waals surface area contributed by atoms with Gasteiger partial charge in [0.2, 0.25) is 11.8 Å². The number of carbonyl (C=O) groups is 2. The maximum Gasteiger partial charge on any atom is 0.243 e. The molecule has 0 aromatic heterocycles. The van der Waals surface area contributed by atoms with E-state index in [4.69, 9.17) is 34.8 Å². The molecule has 0 bridgehead atoms. The lowest BCUT2D eigenvalue weighted by molar-refractivity contribution is -0.140. The zero-order valence-corrected chi connectivity index (χ0v) is 22.1. The third-order valence-corrected chi connectivity index (χ3v) is 6.72. The fourth-order valence-electron chi connectivity index (χ4n) is 3.74. The van der Waals surface area contributed by atoms with Crippen LogP contribution in [0.2, 0.25) is 15.1 Å². The molecule has 0 aliphatic rings. The van der Waals surface area contributed by atoms with Crippen molar-refractivity contribution in [2.45, 2.75) is 39.3 Å². The highest BCUT2D eigenvalue weighted by atomic mass is 35.5. The minimum absolute atomic E-state index is 0.0461. The predicted octanol–water partition coefficient (Wildman–Crippen LogP) is 6.60. The van der Waals surface area contributed by atoms with Gasteiger partial charge in [0.25, 0.3) is 0 Å². The zero-order chi connectivity index (χ0) is 25.4. The van der Waals surface area contributed by atoms with Gasteiger partial charge in [-0.25, -0.2) is 0 Å². The average Bonchev–Trinajstić information content (AvgIpc) is 2.83. The van der Waals surface area contributed by atoms with Crippen molar-refractivity contribution in [3.8, 4) is 0 Å². The quantitative estimate of drug-likeness (QED) is 0.320. The molecular weight excluding hydrogens is 503 g/mol. The SMILES string of the molecule is CC(C)CNC(=O)[C@@H](Cc1ccccc1)N(Cc1c(Cl)cccc1Cl)C(=O)Cc1ccccc1Cl. The molecule has 0 aliphatic heterocycles. The zero-order valence-electron chi connectivity index (χ0n) is 19.8. The number of nitrogens with zero attached hydrogens (tertiary/aromatic N) is 1. The monoisotopic (exact) mass is 530 g/mol. The van der Waals surface area contributed by atoms with Crippen molar-refractivity contribution in [1.82, 2.24) is 10.2 Å². The third kappa shape index (κ3) is 7.73. The summed E-state index contributed by atoms with van der Waals surface area (Å²) in [6, 6.07) is 21.3. The molecule has 0 heterocycles. The summed E-state index contributed by atoms with van der Waals surface area (Å²) in [5, 5.41) is 4.38. The largest absolute Gasteiger partial charge is 0.354 e. The first-order valence-electron chi connectivity index (χ1n) is 11.5. The Balaban J connectivity index is 2.02. The van der Waals surface area contributed by atoms with E-state index in [1.165, 1.54) is 0 Å². The van der Waals surface area contributed by atoms with Crippen molar-refractivity contribution in [3.05, 3.63) is 105 Å². The van der Waals surface area contributed by atoms with Crippen LogP contribution < -0.4 is 5.32 Å². The molecule has 2 amide bonds. The summed E-state index contributed by atoms with van der Waals surface area (Å²) >= 11 is 19.3. The fraction of sp³-hybridized carbons (Fsp3) is 0.286. The van der Waals surface area contributed by atoms with Gasteiger partial charge >= 0.3 is 0 Å². The smallest absolute Gasteiger partial charge is 0.243 e. The Kier molecular flexibility index (Phi) is 10.0. The standard InChI is InChI=1S/C28H29Cl3N2O2/c1-19(2)17-32-28(35)26(15-20-9-4-3-5-10-20)33(18-22-24(30)13-8-14-25(22)31)27(34)16-21-11-6-7-12-23(21)29/h3-14,19,26H,15-18H2,1-2H3,(H,32,35)/t26-/m1/s1. The number of hydrogen-bond donors (Lipinski definition) is 1. The summed E-state index contributed by atoms with van der Waals surface area (Å²) in [5.74, 6) is -0.199. The van der Waals surface area contributed by atoms with Crippen molar-refractivity contribution < 1.29 is 9.59 Å². The van der Waals surface area contributed by atoms with E-state index in [1.54, 1.807) is 29.2 Å². The van der Waals surface area contributed by atoms with Crippen LogP contribution in [-0.4, -0.2) is 29.3 Å². The lowest BCUT2D eigenvalue weighted by Gasteiger charge is -2.32. The molecule has 0 aliphatic carbocycles. The van der Waals surface area contributed by atoms with Gasteiger partial charge in [-0.05, 0) is 35.2 Å². The van der Waals surface area contributed by atoms with Crippen LogP contribution >= 0.6 is 34.8 Å². The number of halogens is 3. The van der Waals surface area contributed by atoms with Crippen molar-refractivity contribution in [3.63, 3.8) is 0 Å². The van der Waals surface area contributed by atoms with Crippen LogP contribution in [0.5, 0.6) is 0 Å². The summed E-state index contributed by atoms with van der Waals surface area (Å²) in [6.45, 7) is 4.64. The Bertz CT molecular complexity index is 1130. The van der Waals surface area contributed by atoms with Crippen LogP contribution in [-0.2, 0) is 29.0 Å². The number of rotatable bonds is 10. The summed E-state index contributed by atoms with van der Waals surface area (Å²) in [4.78, 5) is 28.8. The second kappa shape index (κ2) is 13.0. The second-order valence-electron chi connectivity index (χ2n) is 8.83. The highest BCUT2D eigenvalue weighted by Gasteiger charge is 2.31. The number of amides is 2. The first-order chi connectivity index (χ1) is 16.8. The molecule has 184 valence electrons. The highest BCUT2D eigenvalue weighted by Crippen LogP contribution is 2.28. The van der Waals surface area contributed by atoms with Crippen LogP contribution in [0.25, 0.3) is 0 Å². The fourth-order valence-corrected chi connectivity index (χ4v) is 4.46. The van der Waals surface area contributed by atoms with E-state index in [9.17, 15) is 9.59 Å². The lowest BCUT2D eigenvalue weighted by atomic mass is 10.0. The minimum Gasteiger partial charge on any atom is -0.354 e. The van der Waals surface area contributed by atoms with Gasteiger partial charge in [0.05, 0.1) is 6.42 Å². The predicted molar refractivity (Wildman–Crippen MR) is 144 cm³/mol. The van der Waals surface area contributed by atoms with E-state index in [0.717, 1.165) is 5.56 Å². The molecule has 3 aromatic rings. The lowest BCUT2D eigenvalue weighted by Crippen LogP contribution is -2.51. The van der Waals surface area contributed by atoms with E-state index in [1.807, 2.05) is 62.4 Å². The third-order valence-electron chi connectivity index (χ3n) is 5.65. The molecule has 4 nitrogen and oxygen atoms in total. The molecule has 0 radical (unpaired) electrons. The number of hydrogen-bond acceptors (Lipinski definition) is 2. The van der Waals surface area contributed by atoms with E-state index in [-0.39, 0.29) is 30.7 Å². The van der Waals surface area contributed by atoms with Crippen LogP contribution in [0.15, 0.2) is 72.8 Å². The van der Waals surface area contributed by atoms with Gasteiger partial charge in [0, 0.05) is 40.1 Å². The Hall–Kier alpha value is -2.53. The van der Waals surface area contributed by atoms with Crippen molar-refractivity contribution in [2.24, 2.45) is 5.92 Å². The Morgan fingerprint density at radius 2 is 1.43 bits per heavy atom. The normalized spacial score (nSPS) is 11.8. The van der Waals surface area contributed by atoms with Crippen LogP contribution in [0.1, 0.15) is 30.5 Å². The van der Waals surface area contributed by atoms with Crippen molar-refractivity contribution in [1.29, 1.82) is 0 Å². The first kappa shape index (κ1) is 27.1. The molecule has 3 aromatic carbocycles. The van der Waals surface area contributed by atoms with Gasteiger partial charge in [0.15, 0.2) is 0 Å². The van der Waals surface area contributed by atoms with Gasteiger partial charge < -0.3 is 10.2 Å². The Labute approximate surface area is 222 Å². The molecule has 1 N–H and O–H groups in total. The molecule has 0 saturated carbocycles. The van der Waals surface area contributed by atoms with Gasteiger partial charge in [-0.15, -0.1) is 0 Å². The van der Waals surface area contributed by atoms with Crippen LogP contribution in [0, 0.1) is 5.92 Å². The topological polar surface area (TPSA) is 49.4 Å². The molecule has 0 spiro atoms. The minimum atomic E-state index is -0.765. The summed E-state index contributed by atoms with van der Waals surface area (Å²) in [5.41, 5.74) is 2.23. The molecule has 7 heteroatoms. The molecular formula is C28H29Cl3N2O2. The van der Waals surface area contributed by atoms with Gasteiger partial charge in [0.1, 0.15) is 6.04 Å². The number of carbonyl (C=O) groups excluding carboxylic acids is 2. The Morgan fingerprint density at radius 3 is 2.06 bits per heavy atom.